The second-order valence-corrected chi connectivity index (χ2v) is 5.71. The lowest BCUT2D eigenvalue weighted by Crippen LogP contribution is -2.34. The molecule has 0 aromatic heterocycles. The van der Waals surface area contributed by atoms with E-state index in [9.17, 15) is 4.79 Å². The van der Waals surface area contributed by atoms with Crippen LogP contribution in [0.5, 0.6) is 0 Å². The Morgan fingerprint density at radius 1 is 1.33 bits per heavy atom. The first kappa shape index (κ1) is 14.8. The van der Waals surface area contributed by atoms with Crippen LogP contribution in [0, 0.1) is 0 Å². The fourth-order valence-corrected chi connectivity index (χ4v) is 1.79. The number of anilines is 1. The van der Waals surface area contributed by atoms with E-state index in [4.69, 9.17) is 10.0 Å². The predicted octanol–water partition coefficient (Wildman–Crippen LogP) is -0.395. The molecule has 1 rings (SSSR count). The summed E-state index contributed by atoms with van der Waals surface area (Å²) in [6.07, 6.45) is 0. The van der Waals surface area contributed by atoms with Crippen molar-refractivity contribution in [1.82, 2.24) is 0 Å². The second kappa shape index (κ2) is 5.59. The first-order valence-corrected chi connectivity index (χ1v) is 5.95. The Hall–Kier alpha value is -1.26. The summed E-state index contributed by atoms with van der Waals surface area (Å²) in [5.41, 5.74) is 2.00. The van der Waals surface area contributed by atoms with Crippen LogP contribution in [0.4, 0.5) is 5.69 Å². The summed E-state index contributed by atoms with van der Waals surface area (Å²) in [7, 11) is -0.731. The molecule has 1 aromatic rings. The van der Waals surface area contributed by atoms with Crippen molar-refractivity contribution in [3.63, 3.8) is 0 Å². The molecule has 3 N–H and O–H groups in total. The van der Waals surface area contributed by atoms with Crippen LogP contribution in [-0.4, -0.2) is 30.4 Å². The summed E-state index contributed by atoms with van der Waals surface area (Å²) < 4.78 is 0. The highest BCUT2D eigenvalue weighted by molar-refractivity contribution is 6.61. The molecule has 6 heteroatoms. The fraction of sp³-hybridized carbons (Fsp3) is 0.417. The number of nitrogens with one attached hydrogen (secondary N) is 1. The fourth-order valence-electron chi connectivity index (χ4n) is 1.79. The molecule has 0 atom stereocenters. The van der Waals surface area contributed by atoms with Gasteiger partial charge in [-0.2, -0.15) is 0 Å². The summed E-state index contributed by atoms with van der Waals surface area (Å²) in [6.45, 7) is 7.76. The van der Waals surface area contributed by atoms with Crippen molar-refractivity contribution in [3.05, 3.63) is 18.2 Å². The minimum atomic E-state index is -1.53. The van der Waals surface area contributed by atoms with E-state index in [1.54, 1.807) is 12.1 Å². The van der Waals surface area contributed by atoms with Gasteiger partial charge in [-0.25, -0.2) is 0 Å². The van der Waals surface area contributed by atoms with Crippen LogP contribution in [0.25, 0.3) is 0 Å². The minimum Gasteiger partial charge on any atom is -0.423 e. The van der Waals surface area contributed by atoms with E-state index in [0.29, 0.717) is 11.2 Å². The van der Waals surface area contributed by atoms with E-state index in [1.807, 2.05) is 6.07 Å². The Morgan fingerprint density at radius 3 is 2.39 bits per heavy atom. The van der Waals surface area contributed by atoms with Crippen molar-refractivity contribution in [2.75, 3.05) is 5.32 Å². The van der Waals surface area contributed by atoms with Gasteiger partial charge in [-0.05, 0) is 11.5 Å². The number of hydrogen-bond acceptors (Lipinski definition) is 3. The van der Waals surface area contributed by atoms with Crippen molar-refractivity contribution in [3.8, 4) is 0 Å². The van der Waals surface area contributed by atoms with Crippen LogP contribution in [0.15, 0.2) is 18.2 Å². The molecule has 0 aliphatic carbocycles. The normalized spacial score (nSPS) is 11.0. The molecule has 0 aliphatic rings. The molecule has 0 aliphatic heterocycles. The van der Waals surface area contributed by atoms with Gasteiger partial charge < -0.3 is 15.4 Å². The van der Waals surface area contributed by atoms with E-state index >= 15 is 0 Å². The molecule has 0 saturated heterocycles. The minimum absolute atomic E-state index is 0.0898. The van der Waals surface area contributed by atoms with Gasteiger partial charge in [-0.1, -0.05) is 43.7 Å². The number of amides is 1. The summed E-state index contributed by atoms with van der Waals surface area (Å²) in [5.74, 6) is -0.172. The number of benzene rings is 1. The Morgan fingerprint density at radius 2 is 1.94 bits per heavy atom. The lowest BCUT2D eigenvalue weighted by Gasteiger charge is -2.19. The van der Waals surface area contributed by atoms with Crippen molar-refractivity contribution in [2.24, 2.45) is 0 Å². The molecule has 96 valence electrons. The van der Waals surface area contributed by atoms with Crippen LogP contribution in [-0.2, 0) is 4.79 Å². The monoisotopic (exact) mass is 247 g/mol. The van der Waals surface area contributed by atoms with E-state index < -0.39 is 7.12 Å². The van der Waals surface area contributed by atoms with E-state index in [2.05, 4.69) is 26.1 Å². The lowest BCUT2D eigenvalue weighted by atomic mass is 9.50. The Balaban J connectivity index is 3.12. The van der Waals surface area contributed by atoms with Crippen molar-refractivity contribution < 1.29 is 14.8 Å². The first-order valence-electron chi connectivity index (χ1n) is 5.95. The van der Waals surface area contributed by atoms with Gasteiger partial charge >= 0.3 is 7.12 Å². The molecule has 0 unspecified atom stereocenters. The highest BCUT2D eigenvalue weighted by Gasteiger charge is 2.19. The van der Waals surface area contributed by atoms with E-state index in [-0.39, 0.29) is 11.2 Å². The summed E-state index contributed by atoms with van der Waals surface area (Å²) in [4.78, 5) is 11.2. The third-order valence-corrected chi connectivity index (χ3v) is 2.46. The predicted molar refractivity (Wildman–Crippen MR) is 77.1 cm³/mol. The van der Waals surface area contributed by atoms with Crippen LogP contribution in [0.1, 0.15) is 27.7 Å². The maximum absolute atomic E-state index is 11.2. The largest absolute Gasteiger partial charge is 0.488 e. The molecule has 0 saturated carbocycles. The summed E-state index contributed by atoms with van der Waals surface area (Å²) >= 11 is 0. The third kappa shape index (κ3) is 4.55. The van der Waals surface area contributed by atoms with Crippen molar-refractivity contribution in [2.45, 2.75) is 33.0 Å². The van der Waals surface area contributed by atoms with Crippen LogP contribution in [0.3, 0.4) is 0 Å². The zero-order valence-electron chi connectivity index (χ0n) is 11.3. The summed E-state index contributed by atoms with van der Waals surface area (Å²) in [5, 5.41) is 21.1. The van der Waals surface area contributed by atoms with Gasteiger partial charge in [0.1, 0.15) is 0 Å². The molecule has 1 aromatic carbocycles. The van der Waals surface area contributed by atoms with Gasteiger partial charge in [0.05, 0.1) is 0 Å². The number of carbonyl (C=O) groups excluding carboxylic acids is 1. The number of hydrogen-bond donors (Lipinski definition) is 3. The molecule has 18 heavy (non-hydrogen) atoms. The standard InChI is InChI=1S/C12H19B2NO3/c1-8(16)15-11-7-9(14(17)18)5-6-10(11)13-12(2,3)4/h5-7,13,17-18H,1-4H3,(H,15,16). The molecular formula is C12H19B2NO3. The SMILES string of the molecule is CC(=O)Nc1cc(B(O)O)ccc1BC(C)(C)C. The van der Waals surface area contributed by atoms with Gasteiger partial charge in [-0.3, -0.25) is 4.79 Å². The van der Waals surface area contributed by atoms with Crippen LogP contribution in [0.2, 0.25) is 5.31 Å². The maximum Gasteiger partial charge on any atom is 0.488 e. The molecule has 1 amide bonds. The molecule has 4 nitrogen and oxygen atoms in total. The maximum atomic E-state index is 11.2. The average molecular weight is 247 g/mol. The zero-order chi connectivity index (χ0) is 13.9. The molecule has 0 fully saturated rings. The van der Waals surface area contributed by atoms with E-state index in [1.165, 1.54) is 6.92 Å². The molecule has 0 spiro atoms. The number of carbonyl (C=O) groups is 1. The van der Waals surface area contributed by atoms with Gasteiger partial charge in [0.15, 0.2) is 7.28 Å². The van der Waals surface area contributed by atoms with Crippen molar-refractivity contribution in [1.29, 1.82) is 0 Å². The average Bonchev–Trinajstić information content (AvgIpc) is 2.17. The Labute approximate surface area is 109 Å². The first-order chi connectivity index (χ1) is 8.19. The Bertz CT molecular complexity index is 441. The zero-order valence-corrected chi connectivity index (χ0v) is 11.3. The van der Waals surface area contributed by atoms with Gasteiger partial charge in [0.25, 0.3) is 0 Å². The molecular weight excluding hydrogens is 228 g/mol. The molecule has 0 bridgehead atoms. The van der Waals surface area contributed by atoms with Crippen LogP contribution >= 0.6 is 0 Å². The van der Waals surface area contributed by atoms with Crippen LogP contribution < -0.4 is 16.2 Å². The van der Waals surface area contributed by atoms with E-state index in [0.717, 1.165) is 12.7 Å². The lowest BCUT2D eigenvalue weighted by molar-refractivity contribution is -0.114. The quantitative estimate of drug-likeness (QED) is 0.637. The van der Waals surface area contributed by atoms with Gasteiger partial charge in [0.2, 0.25) is 5.91 Å². The second-order valence-electron chi connectivity index (χ2n) is 5.71. The molecule has 0 radical (unpaired) electrons. The highest BCUT2D eigenvalue weighted by Crippen LogP contribution is 2.20. The highest BCUT2D eigenvalue weighted by atomic mass is 16.4. The smallest absolute Gasteiger partial charge is 0.423 e. The topological polar surface area (TPSA) is 69.6 Å². The van der Waals surface area contributed by atoms with Crippen molar-refractivity contribution >= 4 is 36.9 Å². The number of rotatable bonds is 3. The summed E-state index contributed by atoms with van der Waals surface area (Å²) in [6, 6.07) is 5.09. The third-order valence-electron chi connectivity index (χ3n) is 2.46. The molecule has 0 heterocycles. The van der Waals surface area contributed by atoms with Gasteiger partial charge in [-0.15, -0.1) is 0 Å². The van der Waals surface area contributed by atoms with Gasteiger partial charge in [0, 0.05) is 12.6 Å². The Kier molecular flexibility index (Phi) is 4.59.